The fourth-order valence-corrected chi connectivity index (χ4v) is 2.78. The smallest absolute Gasteiger partial charge is 0.363 e. The number of ether oxygens (including phenoxy) is 3. The number of carbonyl (C=O) groups is 1. The van der Waals surface area contributed by atoms with E-state index in [2.05, 4.69) is 4.99 Å². The van der Waals surface area contributed by atoms with E-state index in [1.165, 1.54) is 0 Å². The molecule has 2 aromatic carbocycles. The molecule has 2 aliphatic rings. The molecule has 0 amide bonds. The molecule has 0 aromatic heterocycles. The standard InChI is InChI=1S/C21H17NO4/c1-13-3-5-15(6-4-13)20-22-18(21(23)26-20)10-14-9-16-7-8-17(24-2)11-19(16)25-12-14/h3-11H,12H2,1-2H3/b18-10-. The van der Waals surface area contributed by atoms with Crippen LogP contribution in [0.3, 0.4) is 0 Å². The zero-order valence-electron chi connectivity index (χ0n) is 14.5. The number of hydrogen-bond acceptors (Lipinski definition) is 5. The Hall–Kier alpha value is -3.34. The van der Waals surface area contributed by atoms with Crippen LogP contribution in [0.25, 0.3) is 6.08 Å². The average molecular weight is 347 g/mol. The SMILES string of the molecule is COc1ccc2c(c1)OCC(/C=C1\N=C(c3ccc(C)cc3)OC1=O)=C2. The van der Waals surface area contributed by atoms with Crippen molar-refractivity contribution in [3.05, 3.63) is 76.5 Å². The van der Waals surface area contributed by atoms with E-state index < -0.39 is 5.97 Å². The highest BCUT2D eigenvalue weighted by atomic mass is 16.6. The first-order valence-electron chi connectivity index (χ1n) is 8.23. The molecule has 0 atom stereocenters. The first-order chi connectivity index (χ1) is 12.6. The molecule has 0 spiro atoms. The van der Waals surface area contributed by atoms with Gasteiger partial charge in [0.15, 0.2) is 5.70 Å². The number of carbonyl (C=O) groups excluding carboxylic acids is 1. The fraction of sp³-hybridized carbons (Fsp3) is 0.143. The molecule has 0 saturated carbocycles. The Morgan fingerprint density at radius 1 is 1.15 bits per heavy atom. The van der Waals surface area contributed by atoms with Crippen molar-refractivity contribution >= 4 is 17.9 Å². The van der Waals surface area contributed by atoms with Crippen LogP contribution in [0.2, 0.25) is 0 Å². The highest BCUT2D eigenvalue weighted by Crippen LogP contribution is 2.31. The van der Waals surface area contributed by atoms with E-state index in [9.17, 15) is 4.79 Å². The lowest BCUT2D eigenvalue weighted by Gasteiger charge is -2.16. The maximum Gasteiger partial charge on any atom is 0.363 e. The molecule has 0 unspecified atom stereocenters. The predicted octanol–water partition coefficient (Wildman–Crippen LogP) is 3.67. The summed E-state index contributed by atoms with van der Waals surface area (Å²) in [5.41, 5.74) is 3.96. The van der Waals surface area contributed by atoms with Gasteiger partial charge in [-0.1, -0.05) is 17.7 Å². The van der Waals surface area contributed by atoms with Crippen molar-refractivity contribution in [1.82, 2.24) is 0 Å². The molecule has 5 nitrogen and oxygen atoms in total. The lowest BCUT2D eigenvalue weighted by atomic mass is 10.1. The van der Waals surface area contributed by atoms with E-state index in [1.807, 2.05) is 55.5 Å². The summed E-state index contributed by atoms with van der Waals surface area (Å²) < 4.78 is 16.3. The minimum absolute atomic E-state index is 0.271. The molecule has 2 heterocycles. The van der Waals surface area contributed by atoms with E-state index in [4.69, 9.17) is 14.2 Å². The van der Waals surface area contributed by atoms with Crippen molar-refractivity contribution in [1.29, 1.82) is 0 Å². The second-order valence-corrected chi connectivity index (χ2v) is 6.11. The van der Waals surface area contributed by atoms with Gasteiger partial charge in [0.25, 0.3) is 0 Å². The summed E-state index contributed by atoms with van der Waals surface area (Å²) in [6, 6.07) is 13.3. The van der Waals surface area contributed by atoms with E-state index >= 15 is 0 Å². The second kappa shape index (κ2) is 6.52. The number of hydrogen-bond donors (Lipinski definition) is 0. The molecule has 0 N–H and O–H groups in total. The molecule has 0 bridgehead atoms. The number of esters is 1. The quantitative estimate of drug-likeness (QED) is 0.628. The number of aliphatic imine (C=N–C) groups is 1. The Kier molecular flexibility index (Phi) is 4.05. The predicted molar refractivity (Wildman–Crippen MR) is 98.4 cm³/mol. The number of benzene rings is 2. The molecular weight excluding hydrogens is 330 g/mol. The molecule has 0 aliphatic carbocycles. The lowest BCUT2D eigenvalue weighted by molar-refractivity contribution is -0.130. The number of methoxy groups -OCH3 is 1. The molecule has 130 valence electrons. The van der Waals surface area contributed by atoms with Crippen LogP contribution in [-0.2, 0) is 9.53 Å². The van der Waals surface area contributed by atoms with Gasteiger partial charge in [-0.25, -0.2) is 9.79 Å². The molecular formula is C21H17NO4. The Bertz CT molecular complexity index is 968. The number of fused-ring (bicyclic) bond motifs is 1. The Morgan fingerprint density at radius 3 is 2.73 bits per heavy atom. The average Bonchev–Trinajstić information content (AvgIpc) is 3.02. The molecule has 0 saturated heterocycles. The van der Waals surface area contributed by atoms with E-state index in [-0.39, 0.29) is 5.70 Å². The van der Waals surface area contributed by atoms with E-state index in [0.717, 1.165) is 33.8 Å². The third-order valence-electron chi connectivity index (χ3n) is 4.20. The number of aryl methyl sites for hydroxylation is 1. The van der Waals surface area contributed by atoms with Gasteiger partial charge in [0.1, 0.15) is 18.1 Å². The zero-order chi connectivity index (χ0) is 18.1. The largest absolute Gasteiger partial charge is 0.497 e. The Labute approximate surface area is 151 Å². The van der Waals surface area contributed by atoms with Gasteiger partial charge in [0, 0.05) is 17.2 Å². The fourth-order valence-electron chi connectivity index (χ4n) is 2.78. The minimum atomic E-state index is -0.456. The van der Waals surface area contributed by atoms with Crippen molar-refractivity contribution in [2.75, 3.05) is 13.7 Å². The molecule has 0 radical (unpaired) electrons. The molecule has 2 aliphatic heterocycles. The monoisotopic (exact) mass is 347 g/mol. The summed E-state index contributed by atoms with van der Waals surface area (Å²) >= 11 is 0. The minimum Gasteiger partial charge on any atom is -0.497 e. The molecule has 4 rings (SSSR count). The summed E-state index contributed by atoms with van der Waals surface area (Å²) in [6.45, 7) is 2.35. The Morgan fingerprint density at radius 2 is 1.96 bits per heavy atom. The van der Waals surface area contributed by atoms with Crippen molar-refractivity contribution < 1.29 is 19.0 Å². The number of nitrogens with zero attached hydrogens (tertiary/aromatic N) is 1. The van der Waals surface area contributed by atoms with Gasteiger partial charge in [0.05, 0.1) is 7.11 Å². The molecule has 5 heteroatoms. The summed E-state index contributed by atoms with van der Waals surface area (Å²) in [5, 5.41) is 0. The van der Waals surface area contributed by atoms with Gasteiger partial charge in [0.2, 0.25) is 5.90 Å². The Balaban J connectivity index is 1.62. The first-order valence-corrected chi connectivity index (χ1v) is 8.23. The van der Waals surface area contributed by atoms with Crippen molar-refractivity contribution in [2.45, 2.75) is 6.92 Å². The molecule has 0 fully saturated rings. The molecule has 2 aromatic rings. The van der Waals surface area contributed by atoms with Gasteiger partial charge in [-0.3, -0.25) is 0 Å². The third-order valence-corrected chi connectivity index (χ3v) is 4.20. The van der Waals surface area contributed by atoms with Crippen LogP contribution < -0.4 is 9.47 Å². The van der Waals surface area contributed by atoms with E-state index in [1.54, 1.807) is 13.2 Å². The normalized spacial score (nSPS) is 17.2. The van der Waals surface area contributed by atoms with Crippen molar-refractivity contribution in [2.24, 2.45) is 4.99 Å². The summed E-state index contributed by atoms with van der Waals surface area (Å²) in [5.74, 6) is 1.36. The number of cyclic esters (lactones) is 1. The number of rotatable bonds is 3. The lowest BCUT2D eigenvalue weighted by Crippen LogP contribution is -2.08. The van der Waals surface area contributed by atoms with Gasteiger partial charge < -0.3 is 14.2 Å². The third kappa shape index (κ3) is 3.11. The van der Waals surface area contributed by atoms with Crippen LogP contribution in [-0.4, -0.2) is 25.6 Å². The zero-order valence-corrected chi connectivity index (χ0v) is 14.5. The van der Waals surface area contributed by atoms with Crippen LogP contribution in [0.15, 0.2) is 64.8 Å². The summed E-state index contributed by atoms with van der Waals surface area (Å²) in [7, 11) is 1.62. The van der Waals surface area contributed by atoms with Crippen molar-refractivity contribution in [3.8, 4) is 11.5 Å². The van der Waals surface area contributed by atoms with Gasteiger partial charge in [-0.2, -0.15) is 0 Å². The van der Waals surface area contributed by atoms with Gasteiger partial charge in [-0.15, -0.1) is 0 Å². The van der Waals surface area contributed by atoms with Crippen LogP contribution in [0.5, 0.6) is 11.5 Å². The summed E-state index contributed by atoms with van der Waals surface area (Å²) in [4.78, 5) is 16.5. The highest BCUT2D eigenvalue weighted by Gasteiger charge is 2.25. The first kappa shape index (κ1) is 16.1. The van der Waals surface area contributed by atoms with Gasteiger partial charge in [-0.05, 0) is 48.9 Å². The maximum absolute atomic E-state index is 12.1. The van der Waals surface area contributed by atoms with Crippen LogP contribution in [0.1, 0.15) is 16.7 Å². The van der Waals surface area contributed by atoms with Crippen LogP contribution in [0, 0.1) is 6.92 Å². The van der Waals surface area contributed by atoms with Crippen molar-refractivity contribution in [3.63, 3.8) is 0 Å². The highest BCUT2D eigenvalue weighted by molar-refractivity contribution is 6.11. The topological polar surface area (TPSA) is 57.1 Å². The van der Waals surface area contributed by atoms with Gasteiger partial charge >= 0.3 is 5.97 Å². The summed E-state index contributed by atoms with van der Waals surface area (Å²) in [6.07, 6.45) is 3.68. The van der Waals surface area contributed by atoms with E-state index in [0.29, 0.717) is 12.5 Å². The second-order valence-electron chi connectivity index (χ2n) is 6.11. The molecule has 26 heavy (non-hydrogen) atoms. The van der Waals surface area contributed by atoms with Crippen LogP contribution >= 0.6 is 0 Å². The van der Waals surface area contributed by atoms with Crippen LogP contribution in [0.4, 0.5) is 0 Å². The maximum atomic E-state index is 12.1.